The largest absolute Gasteiger partial charge is 0.370 e. The minimum atomic E-state index is -0.604. The zero-order valence-electron chi connectivity index (χ0n) is 12.5. The Morgan fingerprint density at radius 1 is 1.05 bits per heavy atom. The number of rotatable bonds is 8. The van der Waals surface area contributed by atoms with Crippen LogP contribution in [0.3, 0.4) is 0 Å². The Bertz CT molecular complexity index is 559. The molecule has 0 fully saturated rings. The van der Waals surface area contributed by atoms with E-state index in [1.54, 1.807) is 6.20 Å². The van der Waals surface area contributed by atoms with Crippen molar-refractivity contribution in [2.75, 3.05) is 18.4 Å². The molecule has 0 saturated heterocycles. The van der Waals surface area contributed by atoms with E-state index in [1.165, 1.54) is 0 Å². The number of pyridine rings is 1. The fraction of sp³-hybridized carbons (Fsp3) is 0.294. The van der Waals surface area contributed by atoms with E-state index < -0.39 is 6.04 Å². The number of hydrogen-bond donors (Lipinski definition) is 3. The average Bonchev–Trinajstić information content (AvgIpc) is 2.58. The predicted molar refractivity (Wildman–Crippen MR) is 88.3 cm³/mol. The molecule has 116 valence electrons. The number of benzene rings is 1. The normalized spacial score (nSPS) is 11.7. The van der Waals surface area contributed by atoms with Gasteiger partial charge in [-0.05, 0) is 30.5 Å². The van der Waals surface area contributed by atoms with Crippen LogP contribution in [0.1, 0.15) is 24.4 Å². The second-order valence-electron chi connectivity index (χ2n) is 5.03. The molecule has 0 bridgehead atoms. The lowest BCUT2D eigenvalue weighted by atomic mass is 10.1. The summed E-state index contributed by atoms with van der Waals surface area (Å²) in [6, 6.07) is 14.5. The van der Waals surface area contributed by atoms with E-state index >= 15 is 0 Å². The van der Waals surface area contributed by atoms with E-state index in [2.05, 4.69) is 15.6 Å². The van der Waals surface area contributed by atoms with Gasteiger partial charge in [-0.25, -0.2) is 4.98 Å². The van der Waals surface area contributed by atoms with Crippen LogP contribution in [0, 0.1) is 0 Å². The van der Waals surface area contributed by atoms with Crippen molar-refractivity contribution < 1.29 is 4.79 Å². The number of carbonyl (C=O) groups excluding carboxylic acids is 1. The van der Waals surface area contributed by atoms with E-state index in [1.807, 2.05) is 48.5 Å². The van der Waals surface area contributed by atoms with Crippen LogP contribution in [0.15, 0.2) is 54.7 Å². The van der Waals surface area contributed by atoms with Gasteiger partial charge in [0.15, 0.2) is 0 Å². The van der Waals surface area contributed by atoms with Gasteiger partial charge in [-0.3, -0.25) is 4.79 Å². The molecular weight excluding hydrogens is 276 g/mol. The first kappa shape index (κ1) is 16.0. The molecule has 22 heavy (non-hydrogen) atoms. The summed E-state index contributed by atoms with van der Waals surface area (Å²) in [4.78, 5) is 16.1. The van der Waals surface area contributed by atoms with E-state index in [4.69, 9.17) is 5.73 Å². The Morgan fingerprint density at radius 3 is 2.50 bits per heavy atom. The number of carbonyl (C=O) groups is 1. The first-order chi connectivity index (χ1) is 10.8. The van der Waals surface area contributed by atoms with Crippen LogP contribution >= 0.6 is 0 Å². The van der Waals surface area contributed by atoms with Gasteiger partial charge < -0.3 is 16.4 Å². The molecule has 1 aromatic heterocycles. The third kappa shape index (κ3) is 5.18. The van der Waals surface area contributed by atoms with Crippen LogP contribution in [0.5, 0.6) is 0 Å². The SMILES string of the molecule is NC(C(=O)NCCCCNc1ccccn1)c1ccccc1. The minimum Gasteiger partial charge on any atom is -0.370 e. The van der Waals surface area contributed by atoms with Crippen LogP contribution in [-0.2, 0) is 4.79 Å². The molecule has 0 radical (unpaired) electrons. The van der Waals surface area contributed by atoms with Gasteiger partial charge in [-0.15, -0.1) is 0 Å². The van der Waals surface area contributed by atoms with Gasteiger partial charge in [0.05, 0.1) is 0 Å². The highest BCUT2D eigenvalue weighted by Gasteiger charge is 2.14. The summed E-state index contributed by atoms with van der Waals surface area (Å²) in [5, 5.41) is 6.11. The number of nitrogens with one attached hydrogen (secondary N) is 2. The van der Waals surface area contributed by atoms with Crippen molar-refractivity contribution >= 4 is 11.7 Å². The van der Waals surface area contributed by atoms with Gasteiger partial charge in [-0.2, -0.15) is 0 Å². The Balaban J connectivity index is 1.59. The second kappa shape index (κ2) is 8.79. The predicted octanol–water partition coefficient (Wildman–Crippen LogP) is 2.09. The maximum Gasteiger partial charge on any atom is 0.241 e. The van der Waals surface area contributed by atoms with Crippen LogP contribution in [0.4, 0.5) is 5.82 Å². The molecule has 2 rings (SSSR count). The van der Waals surface area contributed by atoms with E-state index in [9.17, 15) is 4.79 Å². The van der Waals surface area contributed by atoms with Gasteiger partial charge in [0.25, 0.3) is 0 Å². The summed E-state index contributed by atoms with van der Waals surface area (Å²) >= 11 is 0. The first-order valence-corrected chi connectivity index (χ1v) is 7.50. The molecule has 0 aliphatic carbocycles. The lowest BCUT2D eigenvalue weighted by Gasteiger charge is -2.12. The van der Waals surface area contributed by atoms with Crippen molar-refractivity contribution in [1.82, 2.24) is 10.3 Å². The molecule has 0 aliphatic heterocycles. The molecule has 0 spiro atoms. The third-order valence-electron chi connectivity index (χ3n) is 3.31. The van der Waals surface area contributed by atoms with E-state index in [-0.39, 0.29) is 5.91 Å². The smallest absolute Gasteiger partial charge is 0.241 e. The number of hydrogen-bond acceptors (Lipinski definition) is 4. The molecule has 5 nitrogen and oxygen atoms in total. The fourth-order valence-electron chi connectivity index (χ4n) is 2.07. The Kier molecular flexibility index (Phi) is 6.39. The molecule has 0 aliphatic rings. The topological polar surface area (TPSA) is 80.0 Å². The van der Waals surface area contributed by atoms with E-state index in [0.29, 0.717) is 6.54 Å². The highest BCUT2D eigenvalue weighted by Crippen LogP contribution is 2.09. The Hall–Kier alpha value is -2.40. The molecule has 1 aromatic carbocycles. The fourth-order valence-corrected chi connectivity index (χ4v) is 2.07. The Morgan fingerprint density at radius 2 is 1.77 bits per heavy atom. The van der Waals surface area contributed by atoms with Gasteiger partial charge in [-0.1, -0.05) is 36.4 Å². The molecule has 1 amide bonds. The van der Waals surface area contributed by atoms with Crippen LogP contribution in [-0.4, -0.2) is 24.0 Å². The summed E-state index contributed by atoms with van der Waals surface area (Å²) in [6.07, 6.45) is 3.61. The lowest BCUT2D eigenvalue weighted by Crippen LogP contribution is -2.34. The van der Waals surface area contributed by atoms with Crippen LogP contribution in [0.25, 0.3) is 0 Å². The number of nitrogens with two attached hydrogens (primary N) is 1. The van der Waals surface area contributed by atoms with Gasteiger partial charge >= 0.3 is 0 Å². The number of anilines is 1. The van der Waals surface area contributed by atoms with Crippen molar-refractivity contribution in [3.63, 3.8) is 0 Å². The number of nitrogens with zero attached hydrogens (tertiary/aromatic N) is 1. The van der Waals surface area contributed by atoms with Crippen molar-refractivity contribution in [3.8, 4) is 0 Å². The highest BCUT2D eigenvalue weighted by atomic mass is 16.2. The monoisotopic (exact) mass is 298 g/mol. The van der Waals surface area contributed by atoms with Gasteiger partial charge in [0, 0.05) is 19.3 Å². The Labute approximate surface area is 130 Å². The molecule has 2 aromatic rings. The van der Waals surface area contributed by atoms with Crippen LogP contribution < -0.4 is 16.4 Å². The van der Waals surface area contributed by atoms with Crippen molar-refractivity contribution in [3.05, 3.63) is 60.3 Å². The van der Waals surface area contributed by atoms with Crippen LogP contribution in [0.2, 0.25) is 0 Å². The molecule has 1 heterocycles. The maximum atomic E-state index is 11.9. The zero-order chi connectivity index (χ0) is 15.6. The molecule has 1 atom stereocenters. The molecule has 4 N–H and O–H groups in total. The molecule has 0 saturated carbocycles. The summed E-state index contributed by atoms with van der Waals surface area (Å²) < 4.78 is 0. The quantitative estimate of drug-likeness (QED) is 0.652. The number of aromatic nitrogens is 1. The van der Waals surface area contributed by atoms with Gasteiger partial charge in [0.2, 0.25) is 5.91 Å². The first-order valence-electron chi connectivity index (χ1n) is 7.50. The molecule has 1 unspecified atom stereocenters. The summed E-state index contributed by atoms with van der Waals surface area (Å²) in [7, 11) is 0. The second-order valence-corrected chi connectivity index (χ2v) is 5.03. The van der Waals surface area contributed by atoms with Crippen molar-refractivity contribution in [2.24, 2.45) is 5.73 Å². The highest BCUT2D eigenvalue weighted by molar-refractivity contribution is 5.82. The zero-order valence-corrected chi connectivity index (χ0v) is 12.5. The summed E-state index contributed by atoms with van der Waals surface area (Å²) in [5.74, 6) is 0.738. The third-order valence-corrected chi connectivity index (χ3v) is 3.31. The minimum absolute atomic E-state index is 0.135. The van der Waals surface area contributed by atoms with Crippen molar-refractivity contribution in [2.45, 2.75) is 18.9 Å². The van der Waals surface area contributed by atoms with Gasteiger partial charge in [0.1, 0.15) is 11.9 Å². The summed E-state index contributed by atoms with van der Waals surface area (Å²) in [5.41, 5.74) is 6.75. The standard InChI is InChI=1S/C17H22N4O/c18-16(14-8-2-1-3-9-14)17(22)21-13-7-6-12-20-15-10-4-5-11-19-15/h1-5,8-11,16H,6-7,12-13,18H2,(H,19,20)(H,21,22). The summed E-state index contributed by atoms with van der Waals surface area (Å²) in [6.45, 7) is 1.46. The van der Waals surface area contributed by atoms with E-state index in [0.717, 1.165) is 30.8 Å². The average molecular weight is 298 g/mol. The molecule has 5 heteroatoms. The number of amides is 1. The number of unbranched alkanes of at least 4 members (excludes halogenated alkanes) is 1. The lowest BCUT2D eigenvalue weighted by molar-refractivity contribution is -0.122. The molecular formula is C17H22N4O. The maximum absolute atomic E-state index is 11.9. The van der Waals surface area contributed by atoms with Crippen molar-refractivity contribution in [1.29, 1.82) is 0 Å².